The van der Waals surface area contributed by atoms with Crippen molar-refractivity contribution in [3.63, 3.8) is 0 Å². The smallest absolute Gasteiger partial charge is 0.239 e. The molecule has 2 aliphatic heterocycles. The molecule has 1 amide bonds. The Bertz CT molecular complexity index is 436. The molecule has 0 saturated carbocycles. The first-order valence-electron chi connectivity index (χ1n) is 7.46. The van der Waals surface area contributed by atoms with Gasteiger partial charge in [0.2, 0.25) is 5.91 Å². The SMILES string of the molecule is O=C([C@@H]1CCCN1)N1CCN(Cc2ccncc2)CC1. The molecule has 2 saturated heterocycles. The minimum Gasteiger partial charge on any atom is -0.339 e. The van der Waals surface area contributed by atoms with Gasteiger partial charge in [0.1, 0.15) is 0 Å². The molecule has 3 rings (SSSR count). The molecule has 1 aromatic rings. The van der Waals surface area contributed by atoms with Crippen LogP contribution in [0, 0.1) is 0 Å². The molecular formula is C15H22N4O. The maximum atomic E-state index is 12.3. The van der Waals surface area contributed by atoms with Crippen molar-refractivity contribution in [1.29, 1.82) is 0 Å². The molecule has 5 heteroatoms. The van der Waals surface area contributed by atoms with E-state index in [2.05, 4.69) is 27.3 Å². The third-order valence-electron chi connectivity index (χ3n) is 4.20. The Morgan fingerprint density at radius 2 is 2.00 bits per heavy atom. The number of hydrogen-bond donors (Lipinski definition) is 1. The highest BCUT2D eigenvalue weighted by Crippen LogP contribution is 2.12. The molecule has 1 N–H and O–H groups in total. The van der Waals surface area contributed by atoms with Crippen LogP contribution in [0.5, 0.6) is 0 Å². The molecule has 0 unspecified atom stereocenters. The first-order valence-corrected chi connectivity index (χ1v) is 7.46. The molecule has 20 heavy (non-hydrogen) atoms. The van der Waals surface area contributed by atoms with Gasteiger partial charge in [0.05, 0.1) is 6.04 Å². The first-order chi connectivity index (χ1) is 9.83. The van der Waals surface area contributed by atoms with Crippen LogP contribution in [0.4, 0.5) is 0 Å². The van der Waals surface area contributed by atoms with Gasteiger partial charge in [0.15, 0.2) is 0 Å². The summed E-state index contributed by atoms with van der Waals surface area (Å²) in [4.78, 5) is 20.8. The molecule has 0 aromatic carbocycles. The normalized spacial score (nSPS) is 24.0. The van der Waals surface area contributed by atoms with Gasteiger partial charge in [-0.1, -0.05) is 0 Å². The van der Waals surface area contributed by atoms with E-state index >= 15 is 0 Å². The van der Waals surface area contributed by atoms with Crippen molar-refractivity contribution in [1.82, 2.24) is 20.1 Å². The Hall–Kier alpha value is -1.46. The van der Waals surface area contributed by atoms with Crippen molar-refractivity contribution >= 4 is 5.91 Å². The highest BCUT2D eigenvalue weighted by molar-refractivity contribution is 5.82. The third-order valence-corrected chi connectivity index (χ3v) is 4.20. The molecule has 108 valence electrons. The van der Waals surface area contributed by atoms with Crippen LogP contribution < -0.4 is 5.32 Å². The molecule has 0 radical (unpaired) electrons. The minimum absolute atomic E-state index is 0.0711. The maximum absolute atomic E-state index is 12.3. The summed E-state index contributed by atoms with van der Waals surface area (Å²) in [5.74, 6) is 0.297. The molecule has 0 bridgehead atoms. The van der Waals surface area contributed by atoms with Gasteiger partial charge in [-0.15, -0.1) is 0 Å². The van der Waals surface area contributed by atoms with Crippen molar-refractivity contribution < 1.29 is 4.79 Å². The van der Waals surface area contributed by atoms with E-state index < -0.39 is 0 Å². The summed E-state index contributed by atoms with van der Waals surface area (Å²) in [6.07, 6.45) is 5.79. The first kappa shape index (κ1) is 13.5. The number of aromatic nitrogens is 1. The number of nitrogens with one attached hydrogen (secondary N) is 1. The fraction of sp³-hybridized carbons (Fsp3) is 0.600. The number of pyridine rings is 1. The number of amides is 1. The van der Waals surface area contributed by atoms with Crippen molar-refractivity contribution in [2.45, 2.75) is 25.4 Å². The number of rotatable bonds is 3. The van der Waals surface area contributed by atoms with E-state index in [0.29, 0.717) is 5.91 Å². The highest BCUT2D eigenvalue weighted by atomic mass is 16.2. The predicted octanol–water partition coefficient (Wildman–Crippen LogP) is 0.478. The Morgan fingerprint density at radius 3 is 2.65 bits per heavy atom. The number of carbonyl (C=O) groups is 1. The van der Waals surface area contributed by atoms with Crippen LogP contribution in [0.15, 0.2) is 24.5 Å². The lowest BCUT2D eigenvalue weighted by molar-refractivity contribution is -0.134. The maximum Gasteiger partial charge on any atom is 0.239 e. The fourth-order valence-corrected chi connectivity index (χ4v) is 2.99. The quantitative estimate of drug-likeness (QED) is 0.871. The molecule has 2 aliphatic rings. The third kappa shape index (κ3) is 3.16. The predicted molar refractivity (Wildman–Crippen MR) is 77.1 cm³/mol. The summed E-state index contributed by atoms with van der Waals surface area (Å²) in [5.41, 5.74) is 1.29. The van der Waals surface area contributed by atoms with E-state index in [1.54, 1.807) is 0 Å². The second kappa shape index (κ2) is 6.33. The average Bonchev–Trinajstić information content (AvgIpc) is 3.03. The van der Waals surface area contributed by atoms with Gasteiger partial charge in [-0.05, 0) is 37.1 Å². The van der Waals surface area contributed by atoms with E-state index in [1.807, 2.05) is 17.3 Å². The van der Waals surface area contributed by atoms with Crippen molar-refractivity contribution in [3.8, 4) is 0 Å². The van der Waals surface area contributed by atoms with E-state index in [9.17, 15) is 4.79 Å². The Balaban J connectivity index is 1.48. The largest absolute Gasteiger partial charge is 0.339 e. The highest BCUT2D eigenvalue weighted by Gasteiger charge is 2.28. The Kier molecular flexibility index (Phi) is 4.28. The van der Waals surface area contributed by atoms with Gasteiger partial charge in [-0.25, -0.2) is 0 Å². The zero-order valence-electron chi connectivity index (χ0n) is 11.8. The molecular weight excluding hydrogens is 252 g/mol. The van der Waals surface area contributed by atoms with Crippen molar-refractivity contribution in [2.24, 2.45) is 0 Å². The summed E-state index contributed by atoms with van der Waals surface area (Å²) in [5, 5.41) is 3.29. The Labute approximate surface area is 120 Å². The number of nitrogens with zero attached hydrogens (tertiary/aromatic N) is 3. The number of carbonyl (C=O) groups excluding carboxylic acids is 1. The van der Waals surface area contributed by atoms with Gasteiger partial charge in [0.25, 0.3) is 0 Å². The van der Waals surface area contributed by atoms with Crippen LogP contribution in [0.2, 0.25) is 0 Å². The van der Waals surface area contributed by atoms with Crippen molar-refractivity contribution in [3.05, 3.63) is 30.1 Å². The zero-order chi connectivity index (χ0) is 13.8. The summed E-state index contributed by atoms with van der Waals surface area (Å²) in [6.45, 7) is 5.55. The zero-order valence-corrected chi connectivity index (χ0v) is 11.8. The molecule has 3 heterocycles. The molecule has 1 atom stereocenters. The van der Waals surface area contributed by atoms with Crippen LogP contribution in [0.1, 0.15) is 18.4 Å². The van der Waals surface area contributed by atoms with E-state index in [-0.39, 0.29) is 6.04 Å². The number of piperazine rings is 1. The van der Waals surface area contributed by atoms with Gasteiger partial charge < -0.3 is 10.2 Å². The van der Waals surface area contributed by atoms with Crippen LogP contribution >= 0.6 is 0 Å². The molecule has 0 spiro atoms. The summed E-state index contributed by atoms with van der Waals surface area (Å²) >= 11 is 0. The Morgan fingerprint density at radius 1 is 1.25 bits per heavy atom. The summed E-state index contributed by atoms with van der Waals surface area (Å²) in [7, 11) is 0. The monoisotopic (exact) mass is 274 g/mol. The van der Waals surface area contributed by atoms with Crippen LogP contribution in [0.3, 0.4) is 0 Å². The molecule has 2 fully saturated rings. The number of hydrogen-bond acceptors (Lipinski definition) is 4. The van der Waals surface area contributed by atoms with Crippen molar-refractivity contribution in [2.75, 3.05) is 32.7 Å². The second-order valence-electron chi connectivity index (χ2n) is 5.61. The van der Waals surface area contributed by atoms with Gasteiger partial charge >= 0.3 is 0 Å². The minimum atomic E-state index is 0.0711. The fourth-order valence-electron chi connectivity index (χ4n) is 2.99. The van der Waals surface area contributed by atoms with Crippen LogP contribution in [-0.2, 0) is 11.3 Å². The van der Waals surface area contributed by atoms with E-state index in [4.69, 9.17) is 0 Å². The van der Waals surface area contributed by atoms with E-state index in [1.165, 1.54) is 5.56 Å². The van der Waals surface area contributed by atoms with Crippen LogP contribution in [0.25, 0.3) is 0 Å². The average molecular weight is 274 g/mol. The van der Waals surface area contributed by atoms with Crippen LogP contribution in [-0.4, -0.2) is 59.5 Å². The topological polar surface area (TPSA) is 48.5 Å². The summed E-state index contributed by atoms with van der Waals surface area (Å²) in [6, 6.07) is 4.18. The van der Waals surface area contributed by atoms with E-state index in [0.717, 1.165) is 52.1 Å². The van der Waals surface area contributed by atoms with Gasteiger partial charge in [-0.3, -0.25) is 14.7 Å². The lowest BCUT2D eigenvalue weighted by Crippen LogP contribution is -2.52. The summed E-state index contributed by atoms with van der Waals surface area (Å²) < 4.78 is 0. The standard InChI is InChI=1S/C15H22N4O/c20-15(14-2-1-5-17-14)19-10-8-18(9-11-19)12-13-3-6-16-7-4-13/h3-4,6-7,14,17H,1-2,5,8-12H2/t14-/m0/s1. The molecule has 5 nitrogen and oxygen atoms in total. The van der Waals surface area contributed by atoms with Gasteiger partial charge in [-0.2, -0.15) is 0 Å². The van der Waals surface area contributed by atoms with Gasteiger partial charge in [0, 0.05) is 45.1 Å². The molecule has 0 aliphatic carbocycles. The molecule has 1 aromatic heterocycles. The lowest BCUT2D eigenvalue weighted by Gasteiger charge is -2.36. The lowest BCUT2D eigenvalue weighted by atomic mass is 10.1. The second-order valence-corrected chi connectivity index (χ2v) is 5.61.